The first-order chi connectivity index (χ1) is 16.8. The lowest BCUT2D eigenvalue weighted by atomic mass is 9.90. The van der Waals surface area contributed by atoms with Gasteiger partial charge in [0.25, 0.3) is 11.5 Å². The van der Waals surface area contributed by atoms with Crippen molar-refractivity contribution in [2.24, 2.45) is 5.92 Å². The zero-order chi connectivity index (χ0) is 25.1. The number of hydrogen-bond donors (Lipinski definition) is 0. The van der Waals surface area contributed by atoms with Gasteiger partial charge >= 0.3 is 0 Å². The molecule has 0 saturated carbocycles. The molecule has 2 aromatic rings. The Labute approximate surface area is 216 Å². The Kier molecular flexibility index (Phi) is 7.78. The molecule has 0 radical (unpaired) electrons. The van der Waals surface area contributed by atoms with Crippen molar-refractivity contribution in [1.82, 2.24) is 9.47 Å². The van der Waals surface area contributed by atoms with Crippen molar-refractivity contribution in [2.45, 2.75) is 46.1 Å². The van der Waals surface area contributed by atoms with Crippen LogP contribution in [0.3, 0.4) is 0 Å². The first kappa shape index (κ1) is 25.2. The van der Waals surface area contributed by atoms with Gasteiger partial charge < -0.3 is 4.90 Å². The highest BCUT2D eigenvalue weighted by atomic mass is 32.2. The lowest BCUT2D eigenvalue weighted by molar-refractivity contribution is -0.121. The topological polar surface area (TPSA) is 69.3 Å². The van der Waals surface area contributed by atoms with Crippen LogP contribution in [0.25, 0.3) is 6.08 Å². The molecule has 0 unspecified atom stereocenters. The first-order valence-electron chi connectivity index (χ1n) is 12.0. The van der Waals surface area contributed by atoms with Crippen molar-refractivity contribution in [3.8, 4) is 6.07 Å². The maximum atomic E-state index is 13.3. The van der Waals surface area contributed by atoms with Crippen LogP contribution in [-0.2, 0) is 17.8 Å². The Morgan fingerprint density at radius 1 is 1.20 bits per heavy atom. The van der Waals surface area contributed by atoms with Crippen LogP contribution in [-0.4, -0.2) is 39.8 Å². The summed E-state index contributed by atoms with van der Waals surface area (Å²) in [4.78, 5) is 30.3. The second-order valence-electron chi connectivity index (χ2n) is 9.17. The second kappa shape index (κ2) is 10.8. The summed E-state index contributed by atoms with van der Waals surface area (Å²) in [5.41, 5.74) is 2.62. The van der Waals surface area contributed by atoms with E-state index in [9.17, 15) is 14.9 Å². The minimum Gasteiger partial charge on any atom is -0.357 e. The molecule has 0 atom stereocenters. The van der Waals surface area contributed by atoms with Gasteiger partial charge in [-0.15, -0.1) is 0 Å². The van der Waals surface area contributed by atoms with E-state index < -0.39 is 0 Å². The van der Waals surface area contributed by atoms with Gasteiger partial charge in [0.1, 0.15) is 21.8 Å². The molecule has 1 amide bonds. The fourth-order valence-electron chi connectivity index (χ4n) is 4.89. The summed E-state index contributed by atoms with van der Waals surface area (Å²) in [5, 5.41) is 9.79. The van der Waals surface area contributed by atoms with Crippen LogP contribution in [0.15, 0.2) is 40.0 Å². The van der Waals surface area contributed by atoms with Crippen molar-refractivity contribution in [3.63, 3.8) is 0 Å². The third-order valence-corrected chi connectivity index (χ3v) is 8.32. The van der Waals surface area contributed by atoms with Crippen LogP contribution in [0, 0.1) is 24.2 Å². The molecule has 2 fully saturated rings. The number of hydrogen-bond acceptors (Lipinski definition) is 6. The third-order valence-electron chi connectivity index (χ3n) is 6.84. The number of pyridine rings is 1. The molecule has 1 aromatic heterocycles. The number of nitrogens with zero attached hydrogens (tertiary/aromatic N) is 4. The highest BCUT2D eigenvalue weighted by Crippen LogP contribution is 2.36. The quantitative estimate of drug-likeness (QED) is 0.417. The van der Waals surface area contributed by atoms with E-state index in [0.29, 0.717) is 27.3 Å². The number of rotatable bonds is 6. The van der Waals surface area contributed by atoms with Gasteiger partial charge in [-0.05, 0) is 55.7 Å². The van der Waals surface area contributed by atoms with E-state index in [0.717, 1.165) is 50.2 Å². The van der Waals surface area contributed by atoms with E-state index in [1.165, 1.54) is 22.2 Å². The van der Waals surface area contributed by atoms with Crippen molar-refractivity contribution in [2.75, 3.05) is 25.0 Å². The normalized spacial score (nSPS) is 17.9. The van der Waals surface area contributed by atoms with E-state index in [1.54, 1.807) is 18.5 Å². The molecule has 2 aliphatic heterocycles. The number of aromatic nitrogens is 1. The first-order valence-corrected chi connectivity index (χ1v) is 13.3. The van der Waals surface area contributed by atoms with Crippen molar-refractivity contribution in [3.05, 3.63) is 67.8 Å². The fraction of sp³-hybridized carbons (Fsp3) is 0.407. The lowest BCUT2D eigenvalue weighted by Gasteiger charge is -2.36. The highest BCUT2D eigenvalue weighted by molar-refractivity contribution is 8.26. The Morgan fingerprint density at radius 2 is 1.89 bits per heavy atom. The predicted molar refractivity (Wildman–Crippen MR) is 146 cm³/mol. The molecule has 0 aliphatic carbocycles. The van der Waals surface area contributed by atoms with E-state index in [1.807, 2.05) is 19.1 Å². The molecule has 1 aromatic carbocycles. The van der Waals surface area contributed by atoms with E-state index >= 15 is 0 Å². The van der Waals surface area contributed by atoms with Crippen LogP contribution < -0.4 is 10.5 Å². The average Bonchev–Trinajstić information content (AvgIpc) is 3.10. The Hall–Kier alpha value is -2.89. The van der Waals surface area contributed by atoms with Crippen LogP contribution in [0.2, 0.25) is 0 Å². The van der Waals surface area contributed by atoms with Gasteiger partial charge in [-0.1, -0.05) is 61.2 Å². The van der Waals surface area contributed by atoms with Gasteiger partial charge in [-0.25, -0.2) is 0 Å². The fourth-order valence-corrected chi connectivity index (χ4v) is 6.05. The maximum Gasteiger partial charge on any atom is 0.270 e. The van der Waals surface area contributed by atoms with Gasteiger partial charge in [0.2, 0.25) is 0 Å². The van der Waals surface area contributed by atoms with Crippen LogP contribution >= 0.6 is 24.0 Å². The summed E-state index contributed by atoms with van der Waals surface area (Å²) >= 11 is 6.57. The van der Waals surface area contributed by atoms with Gasteiger partial charge in [-0.3, -0.25) is 19.1 Å². The molecule has 2 aliphatic rings. The minimum atomic E-state index is -0.256. The molecule has 3 heterocycles. The number of carbonyl (C=O) groups is 1. The number of nitriles is 1. The molecule has 6 nitrogen and oxygen atoms in total. The number of amides is 1. The summed E-state index contributed by atoms with van der Waals surface area (Å²) in [6.07, 6.45) is 5.68. The average molecular weight is 507 g/mol. The van der Waals surface area contributed by atoms with Gasteiger partial charge in [0.05, 0.1) is 4.91 Å². The number of anilines is 1. The molecule has 0 N–H and O–H groups in total. The van der Waals surface area contributed by atoms with Crippen LogP contribution in [0.1, 0.15) is 48.4 Å². The zero-order valence-corrected chi connectivity index (χ0v) is 22.0. The summed E-state index contributed by atoms with van der Waals surface area (Å²) in [7, 11) is 1.67. The smallest absolute Gasteiger partial charge is 0.270 e. The van der Waals surface area contributed by atoms with E-state index in [-0.39, 0.29) is 17.0 Å². The molecule has 0 bridgehead atoms. The predicted octanol–water partition coefficient (Wildman–Crippen LogP) is 4.73. The highest BCUT2D eigenvalue weighted by Gasteiger charge is 2.31. The molecular formula is C27H30N4O2S2. The Morgan fingerprint density at radius 3 is 2.46 bits per heavy atom. The van der Waals surface area contributed by atoms with Crippen molar-refractivity contribution < 1.29 is 4.79 Å². The third kappa shape index (κ3) is 5.07. The molecule has 2 saturated heterocycles. The summed E-state index contributed by atoms with van der Waals surface area (Å²) in [6, 6.07) is 12.7. The summed E-state index contributed by atoms with van der Waals surface area (Å²) < 4.78 is 2.24. The number of piperidine rings is 1. The second-order valence-corrected chi connectivity index (χ2v) is 10.8. The molecule has 0 spiro atoms. The van der Waals surface area contributed by atoms with Gasteiger partial charge in [0.15, 0.2) is 0 Å². The van der Waals surface area contributed by atoms with Crippen molar-refractivity contribution in [1.29, 1.82) is 5.26 Å². The molecule has 4 rings (SSSR count). The lowest BCUT2D eigenvalue weighted by Crippen LogP contribution is -2.40. The molecule has 182 valence electrons. The van der Waals surface area contributed by atoms with Crippen LogP contribution in [0.4, 0.5) is 5.82 Å². The zero-order valence-electron chi connectivity index (χ0n) is 20.4. The number of benzene rings is 1. The SMILES string of the molecule is CCCn1c(N2CCC(Cc3ccccc3)CC2)c(/C=C2/SC(=S)N(C)C2=O)c(C)c(C#N)c1=O. The van der Waals surface area contributed by atoms with Gasteiger partial charge in [-0.2, -0.15) is 5.26 Å². The van der Waals surface area contributed by atoms with Gasteiger partial charge in [0, 0.05) is 32.2 Å². The molecule has 35 heavy (non-hydrogen) atoms. The number of thiocarbonyl (C=S) groups is 1. The van der Waals surface area contributed by atoms with E-state index in [4.69, 9.17) is 12.2 Å². The number of likely N-dealkylation sites (N-methyl/N-ethyl adjacent to an activating group) is 1. The standard InChI is InChI=1S/C27H30N4O2S2/c1-4-12-31-24(30-13-10-20(11-14-30)15-19-8-6-5-7-9-19)21(18(2)22(17-28)25(31)32)16-23-26(33)29(3)27(34)35-23/h5-9,16,20H,4,10-15H2,1-3H3/b23-16+. The number of thioether (sulfide) groups is 1. The summed E-state index contributed by atoms with van der Waals surface area (Å²) in [6.45, 7) is 5.99. The Balaban J connectivity index is 1.74. The number of carbonyl (C=O) groups excluding carboxylic acids is 1. The minimum absolute atomic E-state index is 0.138. The van der Waals surface area contributed by atoms with Crippen LogP contribution in [0.5, 0.6) is 0 Å². The maximum absolute atomic E-state index is 13.3. The molecule has 8 heteroatoms. The monoisotopic (exact) mass is 506 g/mol. The Bertz CT molecular complexity index is 1270. The van der Waals surface area contributed by atoms with E-state index in [2.05, 4.69) is 35.2 Å². The largest absolute Gasteiger partial charge is 0.357 e. The van der Waals surface area contributed by atoms with Crippen molar-refractivity contribution >= 4 is 46.1 Å². The molecular weight excluding hydrogens is 476 g/mol. The summed E-state index contributed by atoms with van der Waals surface area (Å²) in [5.74, 6) is 1.24.